The first-order valence-corrected chi connectivity index (χ1v) is 5.60. The van der Waals surface area contributed by atoms with E-state index in [9.17, 15) is 4.79 Å². The van der Waals surface area contributed by atoms with E-state index in [2.05, 4.69) is 15.3 Å². The minimum Gasteiger partial charge on any atom is -0.480 e. The molecule has 4 N–H and O–H groups in total. The highest BCUT2D eigenvalue weighted by Crippen LogP contribution is 2.25. The summed E-state index contributed by atoms with van der Waals surface area (Å²) in [5.41, 5.74) is 5.51. The van der Waals surface area contributed by atoms with E-state index in [4.69, 9.17) is 22.4 Å². The number of nitrogen functional groups attached to an aromatic ring is 1. The summed E-state index contributed by atoms with van der Waals surface area (Å²) in [6.45, 7) is 3.75. The highest BCUT2D eigenvalue weighted by Gasteiger charge is 2.24. The molecule has 7 heteroatoms. The van der Waals surface area contributed by atoms with E-state index in [1.165, 1.54) is 6.33 Å². The molecule has 0 radical (unpaired) electrons. The molecule has 0 unspecified atom stereocenters. The van der Waals surface area contributed by atoms with Crippen LogP contribution in [0, 0.1) is 5.92 Å². The van der Waals surface area contributed by atoms with Gasteiger partial charge in [0.05, 0.1) is 0 Å². The van der Waals surface area contributed by atoms with Crippen LogP contribution in [0.15, 0.2) is 6.33 Å². The fourth-order valence-corrected chi connectivity index (χ4v) is 1.47. The lowest BCUT2D eigenvalue weighted by Crippen LogP contribution is -2.35. The van der Waals surface area contributed by atoms with Crippen molar-refractivity contribution in [2.75, 3.05) is 11.1 Å². The van der Waals surface area contributed by atoms with Gasteiger partial charge in [0.1, 0.15) is 23.2 Å². The molecule has 1 aromatic rings. The molecule has 0 aliphatic rings. The second-order valence-corrected chi connectivity index (χ2v) is 4.15. The van der Waals surface area contributed by atoms with Gasteiger partial charge in [-0.05, 0) is 5.92 Å². The predicted molar refractivity (Wildman–Crippen MR) is 66.0 cm³/mol. The molecule has 0 saturated heterocycles. The van der Waals surface area contributed by atoms with Crippen molar-refractivity contribution in [3.05, 3.63) is 11.3 Å². The van der Waals surface area contributed by atoms with Crippen LogP contribution in [0.3, 0.4) is 0 Å². The molecule has 0 aromatic carbocycles. The minimum absolute atomic E-state index is 0.0558. The molecule has 0 spiro atoms. The van der Waals surface area contributed by atoms with Gasteiger partial charge in [-0.15, -0.1) is 0 Å². The van der Waals surface area contributed by atoms with Crippen LogP contribution < -0.4 is 11.1 Å². The van der Waals surface area contributed by atoms with Gasteiger partial charge in [0.2, 0.25) is 0 Å². The molecule has 0 saturated carbocycles. The molecule has 0 bridgehead atoms. The molecule has 6 nitrogen and oxygen atoms in total. The summed E-state index contributed by atoms with van der Waals surface area (Å²) in [4.78, 5) is 18.7. The number of nitrogens with zero attached hydrogens (tertiary/aromatic N) is 2. The molecule has 0 fully saturated rings. The van der Waals surface area contributed by atoms with Crippen LogP contribution >= 0.6 is 11.6 Å². The fourth-order valence-electron chi connectivity index (χ4n) is 1.31. The summed E-state index contributed by atoms with van der Waals surface area (Å²) >= 11 is 5.88. The summed E-state index contributed by atoms with van der Waals surface area (Å²) in [5.74, 6) is -0.642. The third kappa shape index (κ3) is 3.20. The zero-order valence-electron chi connectivity index (χ0n) is 9.64. The molecule has 17 heavy (non-hydrogen) atoms. The summed E-state index contributed by atoms with van der Waals surface area (Å²) in [7, 11) is 0. The van der Waals surface area contributed by atoms with Crippen molar-refractivity contribution < 1.29 is 9.90 Å². The maximum absolute atomic E-state index is 11.1. The van der Waals surface area contributed by atoms with E-state index < -0.39 is 12.0 Å². The van der Waals surface area contributed by atoms with Gasteiger partial charge in [-0.3, -0.25) is 0 Å². The minimum atomic E-state index is -0.951. The lowest BCUT2D eigenvalue weighted by molar-refractivity contribution is -0.139. The fraction of sp³-hybridized carbons (Fsp3) is 0.500. The topological polar surface area (TPSA) is 101 Å². The number of hydrogen-bond donors (Lipinski definition) is 3. The van der Waals surface area contributed by atoms with Gasteiger partial charge in [0.15, 0.2) is 5.82 Å². The van der Waals surface area contributed by atoms with Crippen LogP contribution in [-0.2, 0) is 4.79 Å². The molecule has 0 amide bonds. The Hall–Kier alpha value is -1.56. The van der Waals surface area contributed by atoms with E-state index in [1.54, 1.807) is 0 Å². The number of carboxylic acids is 1. The summed E-state index contributed by atoms with van der Waals surface area (Å²) in [6.07, 6.45) is 1.96. The van der Waals surface area contributed by atoms with Crippen LogP contribution in [0.25, 0.3) is 0 Å². The lowest BCUT2D eigenvalue weighted by Gasteiger charge is -2.21. The molecule has 94 valence electrons. The normalized spacial score (nSPS) is 14.1. The SMILES string of the molecule is CC[C@H](C)[C@H](Nc1ncnc(N)c1Cl)C(=O)O. The first-order valence-electron chi connectivity index (χ1n) is 5.22. The number of nitrogens with one attached hydrogen (secondary N) is 1. The number of aliphatic carboxylic acids is 1. The third-order valence-corrected chi connectivity index (χ3v) is 2.96. The highest BCUT2D eigenvalue weighted by molar-refractivity contribution is 6.35. The Morgan fingerprint density at radius 2 is 2.29 bits per heavy atom. The van der Waals surface area contributed by atoms with Gasteiger partial charge in [-0.25, -0.2) is 14.8 Å². The van der Waals surface area contributed by atoms with Gasteiger partial charge < -0.3 is 16.2 Å². The van der Waals surface area contributed by atoms with Crippen molar-refractivity contribution in [2.45, 2.75) is 26.3 Å². The van der Waals surface area contributed by atoms with Crippen molar-refractivity contribution in [3.8, 4) is 0 Å². The maximum atomic E-state index is 11.1. The monoisotopic (exact) mass is 258 g/mol. The second kappa shape index (κ2) is 5.67. The van der Waals surface area contributed by atoms with Gasteiger partial charge >= 0.3 is 5.97 Å². The molecule has 2 atom stereocenters. The van der Waals surface area contributed by atoms with Crippen LogP contribution in [0.1, 0.15) is 20.3 Å². The van der Waals surface area contributed by atoms with Gasteiger partial charge in [-0.2, -0.15) is 0 Å². The number of carboxylic acid groups (broad SMARTS) is 1. The van der Waals surface area contributed by atoms with Crippen LogP contribution in [-0.4, -0.2) is 27.1 Å². The van der Waals surface area contributed by atoms with E-state index in [-0.39, 0.29) is 22.6 Å². The van der Waals surface area contributed by atoms with Gasteiger partial charge in [0, 0.05) is 0 Å². The Morgan fingerprint density at radius 1 is 1.65 bits per heavy atom. The number of halogens is 1. The Labute approximate surface area is 104 Å². The number of nitrogens with two attached hydrogens (primary N) is 1. The second-order valence-electron chi connectivity index (χ2n) is 3.77. The Balaban J connectivity index is 2.94. The molecular formula is C10H15ClN4O2. The first-order chi connectivity index (χ1) is 7.97. The Bertz CT molecular complexity index is 413. The van der Waals surface area contributed by atoms with E-state index in [0.29, 0.717) is 0 Å². The number of aromatic nitrogens is 2. The van der Waals surface area contributed by atoms with Gasteiger partial charge in [-0.1, -0.05) is 31.9 Å². The smallest absolute Gasteiger partial charge is 0.326 e. The molecule has 1 aromatic heterocycles. The van der Waals surface area contributed by atoms with Gasteiger partial charge in [0.25, 0.3) is 0 Å². The Morgan fingerprint density at radius 3 is 2.82 bits per heavy atom. The van der Waals surface area contributed by atoms with Crippen LogP contribution in [0.2, 0.25) is 5.02 Å². The number of rotatable bonds is 5. The Kier molecular flexibility index (Phi) is 4.51. The molecule has 1 heterocycles. The molecular weight excluding hydrogens is 244 g/mol. The van der Waals surface area contributed by atoms with Crippen molar-refractivity contribution in [2.24, 2.45) is 5.92 Å². The first kappa shape index (κ1) is 13.5. The highest BCUT2D eigenvalue weighted by atomic mass is 35.5. The number of carbonyl (C=O) groups is 1. The van der Waals surface area contributed by atoms with Crippen molar-refractivity contribution in [1.29, 1.82) is 0 Å². The van der Waals surface area contributed by atoms with Crippen LogP contribution in [0.4, 0.5) is 11.6 Å². The maximum Gasteiger partial charge on any atom is 0.326 e. The van der Waals surface area contributed by atoms with E-state index >= 15 is 0 Å². The molecule has 0 aliphatic heterocycles. The van der Waals surface area contributed by atoms with Crippen molar-refractivity contribution >= 4 is 29.2 Å². The lowest BCUT2D eigenvalue weighted by atomic mass is 9.99. The van der Waals surface area contributed by atoms with Crippen LogP contribution in [0.5, 0.6) is 0 Å². The molecule has 0 aliphatic carbocycles. The van der Waals surface area contributed by atoms with Crippen molar-refractivity contribution in [3.63, 3.8) is 0 Å². The molecule has 1 rings (SSSR count). The zero-order valence-corrected chi connectivity index (χ0v) is 10.4. The average molecular weight is 259 g/mol. The number of anilines is 2. The standard InChI is InChI=1S/C10H15ClN4O2/c1-3-5(2)7(10(16)17)15-9-6(11)8(12)13-4-14-9/h4-5,7H,3H2,1-2H3,(H,16,17)(H3,12,13,14,15)/t5-,7-/m0/s1. The van der Waals surface area contributed by atoms with E-state index in [1.807, 2.05) is 13.8 Å². The number of hydrogen-bond acceptors (Lipinski definition) is 5. The summed E-state index contributed by atoms with van der Waals surface area (Å²) < 4.78 is 0. The van der Waals surface area contributed by atoms with E-state index in [0.717, 1.165) is 6.42 Å². The quantitative estimate of drug-likeness (QED) is 0.742. The third-order valence-electron chi connectivity index (χ3n) is 2.59. The summed E-state index contributed by atoms with van der Waals surface area (Å²) in [5, 5.41) is 12.0. The zero-order chi connectivity index (χ0) is 13.0. The average Bonchev–Trinajstić information content (AvgIpc) is 2.29. The van der Waals surface area contributed by atoms with Crippen molar-refractivity contribution in [1.82, 2.24) is 9.97 Å². The summed E-state index contributed by atoms with van der Waals surface area (Å²) in [6, 6.07) is -0.758. The predicted octanol–water partition coefficient (Wildman–Crippen LogP) is 1.62. The largest absolute Gasteiger partial charge is 0.480 e.